The van der Waals surface area contributed by atoms with Gasteiger partial charge in [0.05, 0.1) is 5.52 Å². The summed E-state index contributed by atoms with van der Waals surface area (Å²) in [5.74, 6) is 0.348. The fourth-order valence-electron chi connectivity index (χ4n) is 8.82. The molecule has 0 amide bonds. The number of rotatable bonds is 1. The normalized spacial score (nSPS) is 17.6. The van der Waals surface area contributed by atoms with Crippen LogP contribution in [-0.4, -0.2) is 12.3 Å². The first-order valence-corrected chi connectivity index (χ1v) is 16.2. The lowest BCUT2D eigenvalue weighted by Crippen LogP contribution is -2.42. The summed E-state index contributed by atoms with van der Waals surface area (Å²) in [6.45, 7) is 7.11. The molecule has 0 saturated heterocycles. The molecule has 1 atom stereocenters. The van der Waals surface area contributed by atoms with Gasteiger partial charge in [0.2, 0.25) is 0 Å². The van der Waals surface area contributed by atoms with Gasteiger partial charge in [0, 0.05) is 37.8 Å². The first-order chi connectivity index (χ1) is 21.0. The molecule has 203 valence electrons. The number of aromatic nitrogens is 1. The van der Waals surface area contributed by atoms with Crippen molar-refractivity contribution in [2.24, 2.45) is 0 Å². The minimum Gasteiger partial charge on any atom is -0.346 e. The van der Waals surface area contributed by atoms with Gasteiger partial charge in [-0.15, -0.1) is 11.3 Å². The molecule has 3 heterocycles. The van der Waals surface area contributed by atoms with Gasteiger partial charge in [-0.25, -0.2) is 0 Å². The van der Waals surface area contributed by atoms with Crippen molar-refractivity contribution in [1.29, 1.82) is 0 Å². The molecule has 0 spiro atoms. The van der Waals surface area contributed by atoms with Gasteiger partial charge in [-0.1, -0.05) is 121 Å². The van der Waals surface area contributed by atoms with Crippen molar-refractivity contribution in [2.75, 3.05) is 0 Å². The van der Waals surface area contributed by atoms with Crippen LogP contribution in [0.5, 0.6) is 0 Å². The zero-order chi connectivity index (χ0) is 28.6. The SMILES string of the molecule is Cc1cc(-c2cccc3c2[nH]c2sc4ccccc4c23)c2c(c1)C1CC3=C(c4cccc(c41)[B]2)C(C)(C)c1ccccc13. The third-order valence-corrected chi connectivity index (χ3v) is 11.6. The van der Waals surface area contributed by atoms with Crippen molar-refractivity contribution in [3.63, 3.8) is 0 Å². The molecule has 10 rings (SSSR count). The van der Waals surface area contributed by atoms with Crippen molar-refractivity contribution >= 4 is 71.9 Å². The molecule has 3 heteroatoms. The van der Waals surface area contributed by atoms with E-state index < -0.39 is 0 Å². The maximum Gasteiger partial charge on any atom is 0.193 e. The third kappa shape index (κ3) is 3.03. The lowest BCUT2D eigenvalue weighted by molar-refractivity contribution is 0.697. The van der Waals surface area contributed by atoms with E-state index in [0.717, 1.165) is 6.42 Å². The molecular weight excluding hydrogens is 537 g/mol. The molecule has 3 aliphatic rings. The molecule has 2 aliphatic carbocycles. The number of aromatic amines is 1. The lowest BCUT2D eigenvalue weighted by Gasteiger charge is -2.38. The van der Waals surface area contributed by atoms with Gasteiger partial charge < -0.3 is 4.98 Å². The van der Waals surface area contributed by atoms with E-state index in [1.165, 1.54) is 92.2 Å². The van der Waals surface area contributed by atoms with E-state index in [9.17, 15) is 0 Å². The van der Waals surface area contributed by atoms with E-state index in [1.54, 1.807) is 5.57 Å². The Bertz CT molecular complexity index is 2400. The van der Waals surface area contributed by atoms with E-state index in [1.807, 2.05) is 11.3 Å². The number of aryl methyl sites for hydroxylation is 1. The molecule has 7 aromatic rings. The molecule has 1 radical (unpaired) electrons. The number of fused-ring (bicyclic) bond motifs is 10. The first-order valence-electron chi connectivity index (χ1n) is 15.4. The van der Waals surface area contributed by atoms with E-state index >= 15 is 0 Å². The molecule has 43 heavy (non-hydrogen) atoms. The maximum absolute atomic E-state index is 3.87. The van der Waals surface area contributed by atoms with Crippen LogP contribution in [0.2, 0.25) is 0 Å². The van der Waals surface area contributed by atoms with Crippen molar-refractivity contribution in [2.45, 2.75) is 38.5 Å². The van der Waals surface area contributed by atoms with Crippen LogP contribution in [0, 0.1) is 6.92 Å². The molecule has 5 aromatic carbocycles. The van der Waals surface area contributed by atoms with Crippen LogP contribution in [0.1, 0.15) is 59.6 Å². The average molecular weight is 567 g/mol. The van der Waals surface area contributed by atoms with E-state index in [-0.39, 0.29) is 5.41 Å². The van der Waals surface area contributed by atoms with Gasteiger partial charge in [-0.05, 0) is 63.9 Å². The molecule has 1 unspecified atom stereocenters. The summed E-state index contributed by atoms with van der Waals surface area (Å²) < 4.78 is 1.34. The Labute approximate surface area is 256 Å². The van der Waals surface area contributed by atoms with Crippen LogP contribution in [0.3, 0.4) is 0 Å². The Kier molecular flexibility index (Phi) is 4.59. The fourth-order valence-corrected chi connectivity index (χ4v) is 9.95. The molecule has 2 aromatic heterocycles. The number of thiophene rings is 1. The van der Waals surface area contributed by atoms with Crippen LogP contribution < -0.4 is 10.9 Å². The zero-order valence-corrected chi connectivity index (χ0v) is 25.3. The molecule has 1 N–H and O–H groups in total. The summed E-state index contributed by atoms with van der Waals surface area (Å²) in [5, 5.41) is 4.01. The predicted octanol–water partition coefficient (Wildman–Crippen LogP) is 9.22. The van der Waals surface area contributed by atoms with Gasteiger partial charge in [-0.2, -0.15) is 0 Å². The summed E-state index contributed by atoms with van der Waals surface area (Å²) in [6.07, 6.45) is 1.05. The fraction of sp³-hybridized carbons (Fsp3) is 0.150. The van der Waals surface area contributed by atoms with E-state index in [4.69, 9.17) is 0 Å². The lowest BCUT2D eigenvalue weighted by atomic mass is 9.50. The Morgan fingerprint density at radius 2 is 1.56 bits per heavy atom. The van der Waals surface area contributed by atoms with Gasteiger partial charge >= 0.3 is 0 Å². The number of nitrogens with one attached hydrogen (secondary N) is 1. The second kappa shape index (κ2) is 8.18. The molecule has 0 bridgehead atoms. The highest BCUT2D eigenvalue weighted by Gasteiger charge is 2.45. The Morgan fingerprint density at radius 1 is 0.791 bits per heavy atom. The number of benzene rings is 5. The van der Waals surface area contributed by atoms with Crippen LogP contribution >= 0.6 is 11.3 Å². The first kappa shape index (κ1) is 24.1. The van der Waals surface area contributed by atoms with Crippen LogP contribution in [0.15, 0.2) is 97.1 Å². The summed E-state index contributed by atoms with van der Waals surface area (Å²) in [7, 11) is 2.49. The van der Waals surface area contributed by atoms with Crippen molar-refractivity contribution in [3.8, 4) is 11.1 Å². The second-order valence-corrected chi connectivity index (χ2v) is 14.3. The van der Waals surface area contributed by atoms with Crippen LogP contribution in [0.25, 0.3) is 53.5 Å². The molecule has 0 fully saturated rings. The largest absolute Gasteiger partial charge is 0.346 e. The van der Waals surface area contributed by atoms with Crippen LogP contribution in [0.4, 0.5) is 0 Å². The van der Waals surface area contributed by atoms with Crippen LogP contribution in [-0.2, 0) is 5.41 Å². The summed E-state index contributed by atoms with van der Waals surface area (Å²) in [4.78, 5) is 5.14. The third-order valence-electron chi connectivity index (χ3n) is 10.5. The van der Waals surface area contributed by atoms with Gasteiger partial charge in [0.25, 0.3) is 0 Å². The highest BCUT2D eigenvalue weighted by molar-refractivity contribution is 7.25. The minimum atomic E-state index is 0.00432. The van der Waals surface area contributed by atoms with Crippen molar-refractivity contribution in [1.82, 2.24) is 4.98 Å². The summed E-state index contributed by atoms with van der Waals surface area (Å²) in [5.41, 5.74) is 18.4. The quantitative estimate of drug-likeness (QED) is 0.191. The Hall–Kier alpha value is -4.34. The van der Waals surface area contributed by atoms with Gasteiger partial charge in [0.15, 0.2) is 7.28 Å². The zero-order valence-electron chi connectivity index (χ0n) is 24.5. The highest BCUT2D eigenvalue weighted by Crippen LogP contribution is 2.58. The summed E-state index contributed by atoms with van der Waals surface area (Å²) in [6, 6.07) is 36.7. The van der Waals surface area contributed by atoms with Gasteiger partial charge in [0.1, 0.15) is 4.83 Å². The summed E-state index contributed by atoms with van der Waals surface area (Å²) >= 11 is 1.86. The predicted molar refractivity (Wildman–Crippen MR) is 186 cm³/mol. The number of H-pyrrole nitrogens is 1. The minimum absolute atomic E-state index is 0.00432. The van der Waals surface area contributed by atoms with Gasteiger partial charge in [-0.3, -0.25) is 0 Å². The number of allylic oxidation sites excluding steroid dienone is 2. The molecule has 1 aliphatic heterocycles. The monoisotopic (exact) mass is 566 g/mol. The maximum atomic E-state index is 3.87. The smallest absolute Gasteiger partial charge is 0.193 e. The standard InChI is InChI=1S/C40H29BNS/c1-21-18-29(23-12-8-14-26-35-24-11-5-7-17-33(24)43-39(35)42-38(23)26)37-30(19-21)27-20-28-22-10-4-6-15-31(22)40(2,3)36(28)25-13-9-16-32(41-37)34(25)27/h4-19,27,42H,20H2,1-3H3. The van der Waals surface area contributed by atoms with Crippen molar-refractivity contribution < 1.29 is 0 Å². The number of hydrogen-bond donors (Lipinski definition) is 1. The molecule has 0 saturated carbocycles. The molecular formula is C40H29BNS. The molecule has 1 nitrogen and oxygen atoms in total. The second-order valence-electron chi connectivity index (χ2n) is 13.2. The number of para-hydroxylation sites is 1. The van der Waals surface area contributed by atoms with E-state index in [0.29, 0.717) is 5.92 Å². The topological polar surface area (TPSA) is 15.8 Å². The Morgan fingerprint density at radius 3 is 2.49 bits per heavy atom. The Balaban J connectivity index is 1.21. The van der Waals surface area contributed by atoms with Crippen molar-refractivity contribution in [3.05, 3.63) is 130 Å². The van der Waals surface area contributed by atoms with E-state index in [2.05, 4.69) is 130 Å². The number of hydrogen-bond acceptors (Lipinski definition) is 1. The average Bonchev–Trinajstić information content (AvgIpc) is 3.64. The highest BCUT2D eigenvalue weighted by atomic mass is 32.1.